The van der Waals surface area contributed by atoms with Gasteiger partial charge in [0.1, 0.15) is 0 Å². The Labute approximate surface area is 70.7 Å². The molecule has 12 heavy (non-hydrogen) atoms. The Bertz CT molecular complexity index is 217. The third-order valence-electron chi connectivity index (χ3n) is 2.15. The van der Waals surface area contributed by atoms with Crippen molar-refractivity contribution in [2.45, 2.75) is 19.4 Å². The molecule has 1 fully saturated rings. The molecule has 5 heteroatoms. The average Bonchev–Trinajstić information content (AvgIpc) is 2.59. The second-order valence-electron chi connectivity index (χ2n) is 3.05. The van der Waals surface area contributed by atoms with Crippen molar-refractivity contribution in [3.8, 4) is 0 Å². The maximum absolute atomic E-state index is 5.25. The first-order valence-electron chi connectivity index (χ1n) is 4.23. The molecule has 1 saturated heterocycles. The van der Waals surface area contributed by atoms with Gasteiger partial charge in [-0.15, -0.1) is 10.2 Å². The van der Waals surface area contributed by atoms with Crippen LogP contribution in [0.3, 0.4) is 0 Å². The lowest BCUT2D eigenvalue weighted by molar-refractivity contribution is 0.0586. The van der Waals surface area contributed by atoms with E-state index in [9.17, 15) is 0 Å². The maximum atomic E-state index is 5.25. The van der Waals surface area contributed by atoms with E-state index in [-0.39, 0.29) is 0 Å². The third kappa shape index (κ3) is 1.79. The summed E-state index contributed by atoms with van der Waals surface area (Å²) in [5, 5.41) is 11.4. The molecule has 0 unspecified atom stereocenters. The fourth-order valence-corrected chi connectivity index (χ4v) is 1.43. The Kier molecular flexibility index (Phi) is 2.31. The predicted molar refractivity (Wildman–Crippen MR) is 41.4 cm³/mol. The highest BCUT2D eigenvalue weighted by Crippen LogP contribution is 2.15. The first-order valence-corrected chi connectivity index (χ1v) is 4.23. The van der Waals surface area contributed by atoms with Crippen LogP contribution < -0.4 is 0 Å². The minimum absolute atomic E-state index is 0.660. The fourth-order valence-electron chi connectivity index (χ4n) is 1.43. The lowest BCUT2D eigenvalue weighted by atomic mass is 10.0. The summed E-state index contributed by atoms with van der Waals surface area (Å²) in [7, 11) is 0. The number of ether oxygens (including phenoxy) is 1. The minimum atomic E-state index is 0.660. The van der Waals surface area contributed by atoms with E-state index in [1.54, 1.807) is 4.80 Å². The molecule has 1 aromatic heterocycles. The fraction of sp³-hybridized carbons (Fsp3) is 0.857. The molecule has 5 nitrogen and oxygen atoms in total. The summed E-state index contributed by atoms with van der Waals surface area (Å²) >= 11 is 0. The zero-order valence-electron chi connectivity index (χ0n) is 6.89. The first-order chi connectivity index (χ1) is 5.95. The third-order valence-corrected chi connectivity index (χ3v) is 2.15. The quantitative estimate of drug-likeness (QED) is 0.628. The molecule has 0 aliphatic carbocycles. The van der Waals surface area contributed by atoms with Crippen molar-refractivity contribution in [2.24, 2.45) is 5.92 Å². The van der Waals surface area contributed by atoms with E-state index in [4.69, 9.17) is 4.74 Å². The SMILES string of the molecule is c1nnn(CC2CCOCC2)n1. The molecule has 66 valence electrons. The molecule has 0 aromatic carbocycles. The van der Waals surface area contributed by atoms with Gasteiger partial charge in [0.05, 0.1) is 6.54 Å². The summed E-state index contributed by atoms with van der Waals surface area (Å²) in [4.78, 5) is 1.65. The normalized spacial score (nSPS) is 19.7. The van der Waals surface area contributed by atoms with Crippen molar-refractivity contribution in [1.82, 2.24) is 20.2 Å². The van der Waals surface area contributed by atoms with Gasteiger partial charge in [-0.25, -0.2) is 0 Å². The van der Waals surface area contributed by atoms with Gasteiger partial charge in [-0.1, -0.05) is 0 Å². The topological polar surface area (TPSA) is 52.8 Å². The summed E-state index contributed by atoms with van der Waals surface area (Å²) in [6, 6.07) is 0. The van der Waals surface area contributed by atoms with E-state index in [0.29, 0.717) is 5.92 Å². The number of rotatable bonds is 2. The molecule has 0 atom stereocenters. The van der Waals surface area contributed by atoms with Gasteiger partial charge in [0.25, 0.3) is 0 Å². The number of nitrogens with zero attached hydrogens (tertiary/aromatic N) is 4. The molecule has 0 bridgehead atoms. The molecule has 1 aliphatic heterocycles. The van der Waals surface area contributed by atoms with Crippen LogP contribution in [0.2, 0.25) is 0 Å². The van der Waals surface area contributed by atoms with Gasteiger partial charge in [0.2, 0.25) is 0 Å². The van der Waals surface area contributed by atoms with Gasteiger partial charge in [-0.2, -0.15) is 4.80 Å². The standard InChI is InChI=1S/C7H12N4O/c1-3-12-4-2-7(1)5-11-9-6-8-10-11/h6-7H,1-5H2. The van der Waals surface area contributed by atoms with Crippen molar-refractivity contribution in [1.29, 1.82) is 0 Å². The van der Waals surface area contributed by atoms with E-state index >= 15 is 0 Å². The smallest absolute Gasteiger partial charge is 0.162 e. The maximum Gasteiger partial charge on any atom is 0.162 e. The second-order valence-corrected chi connectivity index (χ2v) is 3.05. The van der Waals surface area contributed by atoms with Crippen LogP contribution in [0.15, 0.2) is 6.33 Å². The summed E-state index contributed by atoms with van der Waals surface area (Å²) in [6.07, 6.45) is 3.70. The van der Waals surface area contributed by atoms with E-state index in [2.05, 4.69) is 15.4 Å². The van der Waals surface area contributed by atoms with Crippen molar-refractivity contribution < 1.29 is 4.74 Å². The van der Waals surface area contributed by atoms with Crippen LogP contribution in [0.4, 0.5) is 0 Å². The molecule has 0 radical (unpaired) electrons. The van der Waals surface area contributed by atoms with E-state index in [1.165, 1.54) is 6.33 Å². The number of tetrazole rings is 1. The molecule has 1 aliphatic rings. The molecule has 1 aromatic rings. The summed E-state index contributed by atoms with van der Waals surface area (Å²) < 4.78 is 5.25. The Hall–Kier alpha value is -0.970. The van der Waals surface area contributed by atoms with E-state index in [0.717, 1.165) is 32.6 Å². The second kappa shape index (κ2) is 3.62. The summed E-state index contributed by atoms with van der Waals surface area (Å²) in [5.41, 5.74) is 0. The Morgan fingerprint density at radius 3 is 2.92 bits per heavy atom. The van der Waals surface area contributed by atoms with Crippen LogP contribution in [0.5, 0.6) is 0 Å². The van der Waals surface area contributed by atoms with Crippen molar-refractivity contribution in [2.75, 3.05) is 13.2 Å². The molecule has 2 rings (SSSR count). The monoisotopic (exact) mass is 168 g/mol. The van der Waals surface area contributed by atoms with Crippen LogP contribution in [0, 0.1) is 5.92 Å². The predicted octanol–water partition coefficient (Wildman–Crippen LogP) is 0.0997. The van der Waals surface area contributed by atoms with Crippen LogP contribution in [-0.2, 0) is 11.3 Å². The molecular formula is C7H12N4O. The van der Waals surface area contributed by atoms with Crippen molar-refractivity contribution in [3.05, 3.63) is 6.33 Å². The van der Waals surface area contributed by atoms with Crippen LogP contribution in [0.1, 0.15) is 12.8 Å². The van der Waals surface area contributed by atoms with E-state index in [1.807, 2.05) is 0 Å². The molecule has 2 heterocycles. The van der Waals surface area contributed by atoms with Gasteiger partial charge in [0.15, 0.2) is 6.33 Å². The number of hydrogen-bond donors (Lipinski definition) is 0. The van der Waals surface area contributed by atoms with Gasteiger partial charge in [-0.05, 0) is 24.0 Å². The average molecular weight is 168 g/mol. The van der Waals surface area contributed by atoms with Gasteiger partial charge in [-0.3, -0.25) is 0 Å². The molecular weight excluding hydrogens is 156 g/mol. The lowest BCUT2D eigenvalue weighted by Gasteiger charge is -2.20. The van der Waals surface area contributed by atoms with Gasteiger partial charge in [0, 0.05) is 13.2 Å². The number of hydrogen-bond acceptors (Lipinski definition) is 4. The highest BCUT2D eigenvalue weighted by atomic mass is 16.5. The zero-order chi connectivity index (χ0) is 8.23. The van der Waals surface area contributed by atoms with E-state index < -0.39 is 0 Å². The van der Waals surface area contributed by atoms with Gasteiger partial charge >= 0.3 is 0 Å². The van der Waals surface area contributed by atoms with Crippen LogP contribution in [-0.4, -0.2) is 33.4 Å². The highest BCUT2D eigenvalue weighted by Gasteiger charge is 2.14. The Morgan fingerprint density at radius 1 is 1.42 bits per heavy atom. The Balaban J connectivity index is 1.86. The molecule has 0 N–H and O–H groups in total. The van der Waals surface area contributed by atoms with Crippen LogP contribution in [0.25, 0.3) is 0 Å². The largest absolute Gasteiger partial charge is 0.381 e. The lowest BCUT2D eigenvalue weighted by Crippen LogP contribution is -2.21. The molecule has 0 spiro atoms. The van der Waals surface area contributed by atoms with Crippen molar-refractivity contribution >= 4 is 0 Å². The Morgan fingerprint density at radius 2 is 2.25 bits per heavy atom. The zero-order valence-corrected chi connectivity index (χ0v) is 6.89. The molecule has 0 amide bonds. The number of aromatic nitrogens is 4. The van der Waals surface area contributed by atoms with Crippen LogP contribution >= 0.6 is 0 Å². The summed E-state index contributed by atoms with van der Waals surface area (Å²) in [5.74, 6) is 0.660. The highest BCUT2D eigenvalue weighted by molar-refractivity contribution is 4.61. The first kappa shape index (κ1) is 7.67. The summed E-state index contributed by atoms with van der Waals surface area (Å²) in [6.45, 7) is 2.63. The minimum Gasteiger partial charge on any atom is -0.381 e. The molecule has 0 saturated carbocycles. The van der Waals surface area contributed by atoms with Gasteiger partial charge < -0.3 is 4.74 Å². The van der Waals surface area contributed by atoms with Crippen molar-refractivity contribution in [3.63, 3.8) is 0 Å².